The predicted octanol–water partition coefficient (Wildman–Crippen LogP) is 14.7. The number of fused-ring (bicyclic) bond motifs is 6. The van der Waals surface area contributed by atoms with Crippen LogP contribution in [0.4, 0.5) is 0 Å². The highest BCUT2D eigenvalue weighted by Gasteiger charge is 2.36. The third-order valence-electron chi connectivity index (χ3n) is 11.9. The van der Waals surface area contributed by atoms with Gasteiger partial charge in [0.25, 0.3) is 0 Å². The maximum absolute atomic E-state index is 6.62. The first-order valence-electron chi connectivity index (χ1n) is 18.8. The van der Waals surface area contributed by atoms with E-state index in [1.54, 1.807) is 0 Å². The van der Waals surface area contributed by atoms with Crippen LogP contribution in [0.1, 0.15) is 25.0 Å². The Kier molecular flexibility index (Phi) is 6.66. The second kappa shape index (κ2) is 11.7. The van der Waals surface area contributed by atoms with Crippen LogP contribution in [0.5, 0.6) is 11.5 Å². The van der Waals surface area contributed by atoms with E-state index in [2.05, 4.69) is 196 Å². The summed E-state index contributed by atoms with van der Waals surface area (Å²) in [5, 5.41) is 4.95. The molecule has 1 nitrogen and oxygen atoms in total. The molecule has 0 atom stereocenters. The fraction of sp³-hybridized carbons (Fsp3) is 0.0566. The van der Waals surface area contributed by atoms with E-state index in [0.717, 1.165) is 17.1 Å². The fourth-order valence-corrected chi connectivity index (χ4v) is 9.10. The number of rotatable bonds is 4. The van der Waals surface area contributed by atoms with Gasteiger partial charge < -0.3 is 4.74 Å². The fourth-order valence-electron chi connectivity index (χ4n) is 9.10. The van der Waals surface area contributed by atoms with Gasteiger partial charge in [-0.2, -0.15) is 0 Å². The number of benzene rings is 9. The molecule has 0 radical (unpaired) electrons. The van der Waals surface area contributed by atoms with Crippen molar-refractivity contribution < 1.29 is 4.74 Å². The first-order chi connectivity index (χ1) is 26.5. The Balaban J connectivity index is 1.06. The van der Waals surface area contributed by atoms with E-state index >= 15 is 0 Å². The molecule has 1 aliphatic carbocycles. The Morgan fingerprint density at radius 3 is 1.70 bits per heavy atom. The van der Waals surface area contributed by atoms with Crippen molar-refractivity contribution >= 4 is 21.5 Å². The Bertz CT molecular complexity index is 2970. The quantitative estimate of drug-likeness (QED) is 0.179. The van der Waals surface area contributed by atoms with Gasteiger partial charge >= 0.3 is 0 Å². The van der Waals surface area contributed by atoms with Crippen LogP contribution < -0.4 is 4.74 Å². The van der Waals surface area contributed by atoms with Crippen molar-refractivity contribution in [3.8, 4) is 78.3 Å². The van der Waals surface area contributed by atoms with Crippen molar-refractivity contribution in [2.24, 2.45) is 0 Å². The van der Waals surface area contributed by atoms with Gasteiger partial charge in [0.1, 0.15) is 11.5 Å². The number of hydrogen-bond donors (Lipinski definition) is 0. The summed E-state index contributed by atoms with van der Waals surface area (Å²) < 4.78 is 6.62. The van der Waals surface area contributed by atoms with E-state index in [1.165, 1.54) is 93.9 Å². The Hall–Kier alpha value is -6.70. The van der Waals surface area contributed by atoms with Gasteiger partial charge in [0.15, 0.2) is 0 Å². The van der Waals surface area contributed by atoms with Crippen LogP contribution in [0, 0.1) is 0 Å². The van der Waals surface area contributed by atoms with Crippen LogP contribution in [-0.2, 0) is 5.41 Å². The molecule has 1 heteroatoms. The van der Waals surface area contributed by atoms with E-state index < -0.39 is 0 Å². The Labute approximate surface area is 315 Å². The van der Waals surface area contributed by atoms with Crippen LogP contribution in [0.2, 0.25) is 0 Å². The van der Waals surface area contributed by atoms with Gasteiger partial charge in [-0.3, -0.25) is 0 Å². The smallest absolute Gasteiger partial charge is 0.135 e. The summed E-state index contributed by atoms with van der Waals surface area (Å²) >= 11 is 0. The van der Waals surface area contributed by atoms with Crippen molar-refractivity contribution in [2.45, 2.75) is 19.3 Å². The molecule has 11 rings (SSSR count). The molecule has 0 saturated heterocycles. The van der Waals surface area contributed by atoms with Gasteiger partial charge in [0, 0.05) is 16.4 Å². The monoisotopic (exact) mass is 688 g/mol. The zero-order chi connectivity index (χ0) is 36.0. The lowest BCUT2D eigenvalue weighted by Crippen LogP contribution is -2.15. The molecule has 1 heterocycles. The second-order valence-corrected chi connectivity index (χ2v) is 15.3. The van der Waals surface area contributed by atoms with Crippen molar-refractivity contribution in [1.82, 2.24) is 0 Å². The molecule has 0 bridgehead atoms. The maximum Gasteiger partial charge on any atom is 0.135 e. The first kappa shape index (κ1) is 30.9. The average molecular weight is 689 g/mol. The van der Waals surface area contributed by atoms with Crippen LogP contribution in [-0.4, -0.2) is 0 Å². The molecule has 0 unspecified atom stereocenters. The lowest BCUT2D eigenvalue weighted by molar-refractivity contribution is 0.487. The summed E-state index contributed by atoms with van der Waals surface area (Å²) in [7, 11) is 0. The van der Waals surface area contributed by atoms with Gasteiger partial charge in [-0.25, -0.2) is 0 Å². The normalized spacial score (nSPS) is 13.3. The second-order valence-electron chi connectivity index (χ2n) is 15.3. The summed E-state index contributed by atoms with van der Waals surface area (Å²) in [4.78, 5) is 0. The summed E-state index contributed by atoms with van der Waals surface area (Å²) in [6.45, 7) is 4.75. The molecular weight excluding hydrogens is 653 g/mol. The van der Waals surface area contributed by atoms with Gasteiger partial charge in [0.05, 0.1) is 0 Å². The zero-order valence-corrected chi connectivity index (χ0v) is 30.2. The van der Waals surface area contributed by atoms with Crippen LogP contribution in [0.3, 0.4) is 0 Å². The molecule has 0 amide bonds. The van der Waals surface area contributed by atoms with Gasteiger partial charge in [-0.15, -0.1) is 0 Å². The lowest BCUT2D eigenvalue weighted by atomic mass is 9.80. The summed E-state index contributed by atoms with van der Waals surface area (Å²) in [5.74, 6) is 1.80. The van der Waals surface area contributed by atoms with Gasteiger partial charge in [-0.05, 0) is 131 Å². The highest BCUT2D eigenvalue weighted by atomic mass is 16.5. The van der Waals surface area contributed by atoms with E-state index in [0.29, 0.717) is 0 Å². The molecule has 0 saturated carbocycles. The highest BCUT2D eigenvalue weighted by Crippen LogP contribution is 2.52. The van der Waals surface area contributed by atoms with Crippen LogP contribution in [0.25, 0.3) is 88.3 Å². The van der Waals surface area contributed by atoms with Crippen molar-refractivity contribution in [2.75, 3.05) is 0 Å². The summed E-state index contributed by atoms with van der Waals surface area (Å²) in [6, 6.07) is 66.6. The van der Waals surface area contributed by atoms with E-state index in [4.69, 9.17) is 4.74 Å². The highest BCUT2D eigenvalue weighted by molar-refractivity contribution is 6.10. The molecule has 2 aliphatic rings. The molecule has 254 valence electrons. The predicted molar refractivity (Wildman–Crippen MR) is 226 cm³/mol. The maximum atomic E-state index is 6.62. The van der Waals surface area contributed by atoms with Crippen LogP contribution in [0.15, 0.2) is 182 Å². The SMILES string of the molecule is CC1(C)c2cc(-c3cc(-c4ccc5c(c4)-c4cccc6c(-c7ccccc7)ccc(c46)O5)ccc3-c3ccccc3)ccc2-c2cc3ccccc3cc21. The third-order valence-corrected chi connectivity index (χ3v) is 11.9. The molecule has 0 fully saturated rings. The average Bonchev–Trinajstić information content (AvgIpc) is 3.44. The van der Waals surface area contributed by atoms with E-state index in [9.17, 15) is 0 Å². The molecule has 0 aromatic heterocycles. The third kappa shape index (κ3) is 4.65. The van der Waals surface area contributed by atoms with E-state index in [-0.39, 0.29) is 5.41 Å². The Morgan fingerprint density at radius 1 is 0.333 bits per heavy atom. The Morgan fingerprint density at radius 2 is 0.926 bits per heavy atom. The molecule has 9 aromatic rings. The minimum absolute atomic E-state index is 0.120. The number of ether oxygens (including phenoxy) is 1. The molecule has 0 spiro atoms. The minimum Gasteiger partial charge on any atom is -0.456 e. The number of hydrogen-bond acceptors (Lipinski definition) is 1. The standard InChI is InChI=1S/C53H36O/c1-53(2)48-32-39(21-24-42(48)46-29-35-16-9-10-17-36(35)31-49(46)53)45-28-37(20-23-41(45)34-14-7-4-8-15-34)38-22-26-50-47(30-38)44-19-11-18-43-40(33-12-5-3-6-13-33)25-27-51(54-50)52(43)44/h3-32H,1-2H3. The molecule has 54 heavy (non-hydrogen) atoms. The largest absolute Gasteiger partial charge is 0.456 e. The molecule has 1 aliphatic heterocycles. The van der Waals surface area contributed by atoms with Crippen molar-refractivity contribution in [3.63, 3.8) is 0 Å². The van der Waals surface area contributed by atoms with E-state index in [1.807, 2.05) is 0 Å². The molecular formula is C53H36O. The molecule has 9 aromatic carbocycles. The van der Waals surface area contributed by atoms with Gasteiger partial charge in [0.2, 0.25) is 0 Å². The van der Waals surface area contributed by atoms with Crippen molar-refractivity contribution in [1.29, 1.82) is 0 Å². The minimum atomic E-state index is -0.120. The lowest BCUT2D eigenvalue weighted by Gasteiger charge is -2.24. The zero-order valence-electron chi connectivity index (χ0n) is 30.2. The van der Waals surface area contributed by atoms with Gasteiger partial charge in [-0.1, -0.05) is 153 Å². The summed E-state index contributed by atoms with van der Waals surface area (Å²) in [6.07, 6.45) is 0. The molecule has 0 N–H and O–H groups in total. The topological polar surface area (TPSA) is 9.23 Å². The van der Waals surface area contributed by atoms with Crippen molar-refractivity contribution in [3.05, 3.63) is 193 Å². The summed E-state index contributed by atoms with van der Waals surface area (Å²) in [5.41, 5.74) is 17.3. The van der Waals surface area contributed by atoms with Crippen LogP contribution >= 0.6 is 0 Å². The first-order valence-corrected chi connectivity index (χ1v) is 18.8.